The van der Waals surface area contributed by atoms with Crippen LogP contribution in [0.15, 0.2) is 12.3 Å². The molecule has 0 saturated carbocycles. The molecule has 2 N–H and O–H groups in total. The van der Waals surface area contributed by atoms with Crippen LogP contribution in [0.4, 0.5) is 5.82 Å². The molecule has 12 heavy (non-hydrogen) atoms. The largest absolute Gasteiger partial charge is 0.383 e. The second-order valence-corrected chi connectivity index (χ2v) is 2.77. The third kappa shape index (κ3) is 2.36. The van der Waals surface area contributed by atoms with Crippen molar-refractivity contribution in [2.45, 2.75) is 13.5 Å². The van der Waals surface area contributed by atoms with Crippen molar-refractivity contribution in [1.82, 2.24) is 4.98 Å². The lowest BCUT2D eigenvalue weighted by molar-refractivity contribution is 0.134. The van der Waals surface area contributed by atoms with Gasteiger partial charge < -0.3 is 10.5 Å². The minimum atomic E-state index is 0.468. The predicted molar refractivity (Wildman–Crippen MR) is 49.0 cm³/mol. The zero-order valence-electron chi connectivity index (χ0n) is 6.88. The lowest BCUT2D eigenvalue weighted by Crippen LogP contribution is -1.99. The van der Waals surface area contributed by atoms with Gasteiger partial charge in [0.15, 0.2) is 0 Å². The van der Waals surface area contributed by atoms with Gasteiger partial charge in [-0.2, -0.15) is 0 Å². The molecule has 4 heteroatoms. The van der Waals surface area contributed by atoms with E-state index < -0.39 is 0 Å². The van der Waals surface area contributed by atoms with E-state index in [2.05, 4.69) is 4.98 Å². The van der Waals surface area contributed by atoms with Gasteiger partial charge in [0, 0.05) is 18.4 Å². The average molecular weight is 187 g/mol. The van der Waals surface area contributed by atoms with E-state index >= 15 is 0 Å². The number of hydrogen-bond donors (Lipinski definition) is 1. The third-order valence-corrected chi connectivity index (χ3v) is 1.64. The van der Waals surface area contributed by atoms with Gasteiger partial charge in [-0.15, -0.1) is 0 Å². The van der Waals surface area contributed by atoms with Crippen molar-refractivity contribution in [3.8, 4) is 0 Å². The Morgan fingerprint density at radius 3 is 3.08 bits per heavy atom. The van der Waals surface area contributed by atoms with Crippen LogP contribution in [0, 0.1) is 0 Å². The van der Waals surface area contributed by atoms with Crippen molar-refractivity contribution >= 4 is 17.4 Å². The number of ether oxygens (including phenoxy) is 1. The maximum atomic E-state index is 5.72. The van der Waals surface area contributed by atoms with Gasteiger partial charge in [-0.05, 0) is 13.0 Å². The number of nitrogen functional groups attached to an aromatic ring is 1. The minimum Gasteiger partial charge on any atom is -0.383 e. The molecule has 66 valence electrons. The van der Waals surface area contributed by atoms with Crippen LogP contribution < -0.4 is 5.73 Å². The molecule has 0 unspecified atom stereocenters. The molecule has 3 nitrogen and oxygen atoms in total. The molecule has 0 aromatic carbocycles. The molecule has 0 radical (unpaired) electrons. The van der Waals surface area contributed by atoms with Gasteiger partial charge in [0.2, 0.25) is 0 Å². The molecule has 0 spiro atoms. The van der Waals surface area contributed by atoms with Crippen LogP contribution in [0.2, 0.25) is 5.02 Å². The van der Waals surface area contributed by atoms with Gasteiger partial charge >= 0.3 is 0 Å². The number of anilines is 1. The first-order chi connectivity index (χ1) is 5.74. The monoisotopic (exact) mass is 186 g/mol. The number of pyridine rings is 1. The Morgan fingerprint density at radius 1 is 1.67 bits per heavy atom. The Morgan fingerprint density at radius 2 is 2.42 bits per heavy atom. The maximum Gasteiger partial charge on any atom is 0.128 e. The van der Waals surface area contributed by atoms with E-state index in [4.69, 9.17) is 22.1 Å². The van der Waals surface area contributed by atoms with Crippen LogP contribution in [0.1, 0.15) is 12.5 Å². The van der Waals surface area contributed by atoms with E-state index in [9.17, 15) is 0 Å². The maximum absolute atomic E-state index is 5.72. The summed E-state index contributed by atoms with van der Waals surface area (Å²) in [5.74, 6) is 0.479. The van der Waals surface area contributed by atoms with Crippen molar-refractivity contribution in [3.63, 3.8) is 0 Å². The molecule has 0 aliphatic heterocycles. The average Bonchev–Trinajstić information content (AvgIpc) is 2.07. The molecular weight excluding hydrogens is 176 g/mol. The summed E-state index contributed by atoms with van der Waals surface area (Å²) >= 11 is 5.72. The van der Waals surface area contributed by atoms with E-state index in [1.165, 1.54) is 6.20 Å². The molecule has 0 aliphatic carbocycles. The predicted octanol–water partition coefficient (Wildman–Crippen LogP) is 1.85. The van der Waals surface area contributed by atoms with E-state index in [-0.39, 0.29) is 0 Å². The molecule has 0 aliphatic rings. The lowest BCUT2D eigenvalue weighted by Gasteiger charge is -2.04. The molecule has 1 aromatic rings. The second-order valence-electron chi connectivity index (χ2n) is 2.34. The highest BCUT2D eigenvalue weighted by atomic mass is 35.5. The molecular formula is C8H11ClN2O. The molecule has 0 bridgehead atoms. The summed E-state index contributed by atoms with van der Waals surface area (Å²) in [6.07, 6.45) is 1.52. The fourth-order valence-corrected chi connectivity index (χ4v) is 1.000. The summed E-state index contributed by atoms with van der Waals surface area (Å²) < 4.78 is 5.18. The summed E-state index contributed by atoms with van der Waals surface area (Å²) in [6, 6.07) is 1.76. The number of halogens is 1. The SMILES string of the molecule is CCOCc1cc(Cl)cnc1N. The Hall–Kier alpha value is -0.800. The number of nitrogens with zero attached hydrogens (tertiary/aromatic N) is 1. The quantitative estimate of drug-likeness (QED) is 0.784. The van der Waals surface area contributed by atoms with Crippen molar-refractivity contribution in [2.75, 3.05) is 12.3 Å². The first kappa shape index (κ1) is 9.29. The highest BCUT2D eigenvalue weighted by Gasteiger charge is 2.00. The first-order valence-corrected chi connectivity index (χ1v) is 4.09. The van der Waals surface area contributed by atoms with Crippen LogP contribution in [0.5, 0.6) is 0 Å². The molecule has 0 saturated heterocycles. The van der Waals surface area contributed by atoms with Gasteiger partial charge in [0.25, 0.3) is 0 Å². The Bertz CT molecular complexity index is 265. The van der Waals surface area contributed by atoms with Gasteiger partial charge in [0.1, 0.15) is 5.82 Å². The van der Waals surface area contributed by atoms with Crippen LogP contribution in [0.3, 0.4) is 0 Å². The van der Waals surface area contributed by atoms with Crippen LogP contribution in [0.25, 0.3) is 0 Å². The standard InChI is InChI=1S/C8H11ClN2O/c1-2-12-5-6-3-7(9)4-11-8(6)10/h3-4H,2,5H2,1H3,(H2,10,11). The molecule has 0 fully saturated rings. The fraction of sp³-hybridized carbons (Fsp3) is 0.375. The lowest BCUT2D eigenvalue weighted by atomic mass is 10.3. The summed E-state index contributed by atoms with van der Waals surface area (Å²) in [5.41, 5.74) is 6.42. The topological polar surface area (TPSA) is 48.1 Å². The van der Waals surface area contributed by atoms with Crippen molar-refractivity contribution in [2.24, 2.45) is 0 Å². The molecule has 0 atom stereocenters. The summed E-state index contributed by atoms with van der Waals surface area (Å²) in [4.78, 5) is 3.90. The second kappa shape index (κ2) is 4.28. The van der Waals surface area contributed by atoms with E-state index in [0.717, 1.165) is 5.56 Å². The highest BCUT2D eigenvalue weighted by Crippen LogP contribution is 2.15. The molecule has 0 amide bonds. The number of nitrogens with two attached hydrogens (primary N) is 1. The van der Waals surface area contributed by atoms with Gasteiger partial charge in [-0.25, -0.2) is 4.98 Å². The highest BCUT2D eigenvalue weighted by molar-refractivity contribution is 6.30. The van der Waals surface area contributed by atoms with Crippen LogP contribution >= 0.6 is 11.6 Å². The normalized spacial score (nSPS) is 10.2. The van der Waals surface area contributed by atoms with E-state index in [1.54, 1.807) is 6.07 Å². The van der Waals surface area contributed by atoms with Crippen molar-refractivity contribution < 1.29 is 4.74 Å². The van der Waals surface area contributed by atoms with E-state index in [1.807, 2.05) is 6.92 Å². The Kier molecular flexibility index (Phi) is 3.31. The zero-order chi connectivity index (χ0) is 8.97. The van der Waals surface area contributed by atoms with E-state index in [0.29, 0.717) is 24.1 Å². The van der Waals surface area contributed by atoms with Crippen LogP contribution in [-0.4, -0.2) is 11.6 Å². The molecule has 1 rings (SSSR count). The molecule has 1 heterocycles. The zero-order valence-corrected chi connectivity index (χ0v) is 7.64. The summed E-state index contributed by atoms with van der Waals surface area (Å²) in [5, 5.41) is 0.582. The molecule has 1 aromatic heterocycles. The van der Waals surface area contributed by atoms with Gasteiger partial charge in [-0.3, -0.25) is 0 Å². The fourth-order valence-electron chi connectivity index (χ4n) is 0.819. The first-order valence-electron chi connectivity index (χ1n) is 3.71. The van der Waals surface area contributed by atoms with Gasteiger partial charge in [-0.1, -0.05) is 11.6 Å². The van der Waals surface area contributed by atoms with Crippen molar-refractivity contribution in [1.29, 1.82) is 0 Å². The van der Waals surface area contributed by atoms with Gasteiger partial charge in [0.05, 0.1) is 11.6 Å². The van der Waals surface area contributed by atoms with Crippen molar-refractivity contribution in [3.05, 3.63) is 22.8 Å². The Labute approximate surface area is 76.5 Å². The number of aromatic nitrogens is 1. The minimum absolute atomic E-state index is 0.468. The smallest absolute Gasteiger partial charge is 0.128 e. The summed E-state index contributed by atoms with van der Waals surface area (Å²) in [6.45, 7) is 3.05. The van der Waals surface area contributed by atoms with Crippen LogP contribution in [-0.2, 0) is 11.3 Å². The number of rotatable bonds is 3. The Balaban J connectivity index is 2.75. The third-order valence-electron chi connectivity index (χ3n) is 1.43. The summed E-state index contributed by atoms with van der Waals surface area (Å²) in [7, 11) is 0. The number of hydrogen-bond acceptors (Lipinski definition) is 3.